The number of fused-ring (bicyclic) bond motifs is 1. The fraction of sp³-hybridized carbons (Fsp3) is 0.750. The second-order valence-electron chi connectivity index (χ2n) is 5.53. The molecule has 1 N–H and O–H groups in total. The zero-order chi connectivity index (χ0) is 12.8. The standard InChI is InChI=1S/C12H17NO4/c1-7-3-9-4-12(5-10(14)15,6-13(16)17)11(9)8(7)2/h9,11H,3-6H2,1-2H3,(H,14,15)/t9-,11-,12+/m0/s1. The van der Waals surface area contributed by atoms with Crippen LogP contribution in [0.3, 0.4) is 0 Å². The minimum Gasteiger partial charge on any atom is -0.481 e. The molecule has 2 aliphatic rings. The van der Waals surface area contributed by atoms with Crippen molar-refractivity contribution in [1.82, 2.24) is 0 Å². The van der Waals surface area contributed by atoms with Crippen molar-refractivity contribution in [3.8, 4) is 0 Å². The lowest BCUT2D eigenvalue weighted by Gasteiger charge is -2.50. The van der Waals surface area contributed by atoms with Crippen LogP contribution in [-0.4, -0.2) is 22.5 Å². The quantitative estimate of drug-likeness (QED) is 0.463. The van der Waals surface area contributed by atoms with Gasteiger partial charge < -0.3 is 5.11 Å². The van der Waals surface area contributed by atoms with Crippen molar-refractivity contribution in [3.63, 3.8) is 0 Å². The van der Waals surface area contributed by atoms with E-state index in [1.165, 1.54) is 11.1 Å². The van der Waals surface area contributed by atoms with Gasteiger partial charge in [-0.1, -0.05) is 11.1 Å². The molecule has 1 fully saturated rings. The molecule has 2 rings (SSSR count). The Morgan fingerprint density at radius 1 is 1.59 bits per heavy atom. The fourth-order valence-corrected chi connectivity index (χ4v) is 3.89. The van der Waals surface area contributed by atoms with Crippen LogP contribution in [0.1, 0.15) is 33.1 Å². The van der Waals surface area contributed by atoms with Crippen LogP contribution >= 0.6 is 0 Å². The van der Waals surface area contributed by atoms with Crippen molar-refractivity contribution >= 4 is 5.97 Å². The van der Waals surface area contributed by atoms with Crippen LogP contribution in [0, 0.1) is 27.4 Å². The SMILES string of the molecule is CC1=C(C)[C@H]2[C@@H](C1)C[C@@]2(CC(=O)O)C[N+](=O)[O-]. The van der Waals surface area contributed by atoms with Gasteiger partial charge in [0, 0.05) is 4.92 Å². The Morgan fingerprint density at radius 2 is 2.24 bits per heavy atom. The monoisotopic (exact) mass is 239 g/mol. The number of carboxylic acid groups (broad SMARTS) is 1. The maximum absolute atomic E-state index is 10.9. The Labute approximate surface area is 99.7 Å². The van der Waals surface area contributed by atoms with Crippen molar-refractivity contribution in [1.29, 1.82) is 0 Å². The van der Waals surface area contributed by atoms with Gasteiger partial charge in [0.25, 0.3) is 0 Å². The summed E-state index contributed by atoms with van der Waals surface area (Å²) in [4.78, 5) is 21.3. The molecule has 0 aromatic heterocycles. The van der Waals surface area contributed by atoms with Gasteiger partial charge in [-0.15, -0.1) is 0 Å². The van der Waals surface area contributed by atoms with E-state index >= 15 is 0 Å². The molecule has 0 aliphatic heterocycles. The first-order valence-corrected chi connectivity index (χ1v) is 5.85. The Morgan fingerprint density at radius 3 is 2.71 bits per heavy atom. The van der Waals surface area contributed by atoms with Crippen LogP contribution in [0.15, 0.2) is 11.1 Å². The molecule has 0 aromatic rings. The third-order valence-corrected chi connectivity index (χ3v) is 4.46. The molecule has 5 nitrogen and oxygen atoms in total. The summed E-state index contributed by atoms with van der Waals surface area (Å²) in [6, 6.07) is 0. The number of carboxylic acids is 1. The molecule has 0 spiro atoms. The Balaban J connectivity index is 2.25. The predicted molar refractivity (Wildman–Crippen MR) is 61.1 cm³/mol. The van der Waals surface area contributed by atoms with Gasteiger partial charge >= 0.3 is 5.97 Å². The third-order valence-electron chi connectivity index (χ3n) is 4.46. The van der Waals surface area contributed by atoms with Crippen molar-refractivity contribution in [2.45, 2.75) is 33.1 Å². The summed E-state index contributed by atoms with van der Waals surface area (Å²) in [5.74, 6) is -0.374. The van der Waals surface area contributed by atoms with E-state index in [9.17, 15) is 14.9 Å². The number of carbonyl (C=O) groups is 1. The highest BCUT2D eigenvalue weighted by molar-refractivity contribution is 5.68. The molecule has 94 valence electrons. The van der Waals surface area contributed by atoms with Gasteiger partial charge in [0.05, 0.1) is 11.8 Å². The minimum absolute atomic E-state index is 0.0836. The average molecular weight is 239 g/mol. The lowest BCUT2D eigenvalue weighted by atomic mass is 9.52. The molecule has 5 heteroatoms. The average Bonchev–Trinajstić information content (AvgIpc) is 2.35. The molecule has 0 bridgehead atoms. The topological polar surface area (TPSA) is 80.4 Å². The highest BCUT2D eigenvalue weighted by Crippen LogP contribution is 2.62. The molecule has 1 saturated carbocycles. The first-order valence-electron chi connectivity index (χ1n) is 5.85. The number of aliphatic carboxylic acids is 1. The second kappa shape index (κ2) is 3.82. The summed E-state index contributed by atoms with van der Waals surface area (Å²) < 4.78 is 0. The summed E-state index contributed by atoms with van der Waals surface area (Å²) in [6.45, 7) is 3.83. The van der Waals surface area contributed by atoms with Crippen LogP contribution < -0.4 is 0 Å². The van der Waals surface area contributed by atoms with Crippen LogP contribution in [0.25, 0.3) is 0 Å². The summed E-state index contributed by atoms with van der Waals surface area (Å²) in [5.41, 5.74) is 1.84. The highest BCUT2D eigenvalue weighted by Gasteiger charge is 2.60. The number of nitro groups is 1. The maximum Gasteiger partial charge on any atom is 0.304 e. The molecule has 0 unspecified atom stereocenters. The van der Waals surface area contributed by atoms with E-state index in [-0.39, 0.29) is 23.8 Å². The van der Waals surface area contributed by atoms with Crippen LogP contribution in [0.2, 0.25) is 0 Å². The van der Waals surface area contributed by atoms with Gasteiger partial charge in [0.15, 0.2) is 0 Å². The lowest BCUT2D eigenvalue weighted by molar-refractivity contribution is -0.506. The number of rotatable bonds is 4. The number of hydrogen-bond donors (Lipinski definition) is 1. The van der Waals surface area contributed by atoms with E-state index in [1.807, 2.05) is 13.8 Å². The fourth-order valence-electron chi connectivity index (χ4n) is 3.89. The summed E-state index contributed by atoms with van der Waals surface area (Å²) in [7, 11) is 0. The van der Waals surface area contributed by atoms with Crippen molar-refractivity contribution in [2.75, 3.05) is 6.54 Å². The molecule has 0 saturated heterocycles. The third kappa shape index (κ3) is 1.83. The first-order chi connectivity index (χ1) is 7.85. The zero-order valence-electron chi connectivity index (χ0n) is 10.1. The molecule has 0 aromatic carbocycles. The van der Waals surface area contributed by atoms with Crippen molar-refractivity contribution in [2.24, 2.45) is 17.3 Å². The van der Waals surface area contributed by atoms with E-state index in [4.69, 9.17) is 5.11 Å². The number of allylic oxidation sites excluding steroid dienone is 2. The van der Waals surface area contributed by atoms with Gasteiger partial charge in [-0.25, -0.2) is 0 Å². The molecule has 3 atom stereocenters. The molecule has 0 radical (unpaired) electrons. The molecule has 17 heavy (non-hydrogen) atoms. The maximum atomic E-state index is 10.9. The smallest absolute Gasteiger partial charge is 0.304 e. The van der Waals surface area contributed by atoms with Crippen molar-refractivity contribution < 1.29 is 14.8 Å². The van der Waals surface area contributed by atoms with Gasteiger partial charge in [0.1, 0.15) is 0 Å². The first kappa shape index (κ1) is 12.1. The van der Waals surface area contributed by atoms with Crippen molar-refractivity contribution in [3.05, 3.63) is 21.3 Å². The summed E-state index contributed by atoms with van der Waals surface area (Å²) in [6.07, 6.45) is 1.58. The van der Waals surface area contributed by atoms with Gasteiger partial charge in [-0.2, -0.15) is 0 Å². The largest absolute Gasteiger partial charge is 0.481 e. The molecular formula is C12H17NO4. The van der Waals surface area contributed by atoms with Gasteiger partial charge in [0.2, 0.25) is 6.54 Å². The van der Waals surface area contributed by atoms with E-state index in [2.05, 4.69) is 0 Å². The Kier molecular flexibility index (Phi) is 2.72. The Hall–Kier alpha value is -1.39. The predicted octanol–water partition coefficient (Wildman–Crippen LogP) is 2.10. The minimum atomic E-state index is -0.928. The van der Waals surface area contributed by atoms with E-state index in [0.717, 1.165) is 6.42 Å². The molecule has 0 heterocycles. The zero-order valence-corrected chi connectivity index (χ0v) is 10.1. The molecular weight excluding hydrogens is 222 g/mol. The van der Waals surface area contributed by atoms with Crippen LogP contribution in [0.4, 0.5) is 0 Å². The van der Waals surface area contributed by atoms with E-state index in [0.29, 0.717) is 12.3 Å². The lowest BCUT2D eigenvalue weighted by Crippen LogP contribution is -2.51. The van der Waals surface area contributed by atoms with E-state index < -0.39 is 11.4 Å². The van der Waals surface area contributed by atoms with Gasteiger partial charge in [-0.3, -0.25) is 14.9 Å². The van der Waals surface area contributed by atoms with E-state index in [1.54, 1.807) is 0 Å². The second-order valence-corrected chi connectivity index (χ2v) is 5.53. The summed E-state index contributed by atoms with van der Waals surface area (Å²) in [5, 5.41) is 19.7. The van der Waals surface area contributed by atoms with Crippen LogP contribution in [-0.2, 0) is 4.79 Å². The Bertz CT molecular complexity index is 397. The highest BCUT2D eigenvalue weighted by atomic mass is 16.6. The molecule has 2 aliphatic carbocycles. The number of hydrogen-bond acceptors (Lipinski definition) is 3. The normalized spacial score (nSPS) is 35.4. The number of nitrogens with zero attached hydrogens (tertiary/aromatic N) is 1. The summed E-state index contributed by atoms with van der Waals surface area (Å²) >= 11 is 0. The van der Waals surface area contributed by atoms with Gasteiger partial charge in [-0.05, 0) is 38.5 Å². The van der Waals surface area contributed by atoms with Crippen LogP contribution in [0.5, 0.6) is 0 Å². The molecule has 0 amide bonds.